The van der Waals surface area contributed by atoms with Crippen molar-refractivity contribution in [2.45, 2.75) is 48.5 Å². The average molecular weight is 322 g/mol. The standard InChI is InChI=1S/C13H12O4.3C2H6/c1-3-10-6-5-7-12(17-9-15)13(10)11(4-2)16-8-14;3*1-2/h3-9H,1H2,2H3;3*1-2H3/b11-4+;;;. The summed E-state index contributed by atoms with van der Waals surface area (Å²) in [6.07, 6.45) is 3.19. The molecule has 1 aromatic carbocycles. The molecular formula is C19H30O4. The molecule has 0 spiro atoms. The summed E-state index contributed by atoms with van der Waals surface area (Å²) >= 11 is 0. The second-order valence-electron chi connectivity index (χ2n) is 3.01. The van der Waals surface area contributed by atoms with Crippen molar-refractivity contribution in [3.8, 4) is 5.75 Å². The van der Waals surface area contributed by atoms with E-state index in [9.17, 15) is 9.59 Å². The Morgan fingerprint density at radius 3 is 1.96 bits per heavy atom. The van der Waals surface area contributed by atoms with Gasteiger partial charge in [-0.3, -0.25) is 9.59 Å². The second-order valence-corrected chi connectivity index (χ2v) is 3.01. The summed E-state index contributed by atoms with van der Waals surface area (Å²) in [7, 11) is 0. The van der Waals surface area contributed by atoms with Crippen LogP contribution in [0.1, 0.15) is 59.6 Å². The van der Waals surface area contributed by atoms with Crippen LogP contribution in [0.2, 0.25) is 0 Å². The molecule has 4 heteroatoms. The molecule has 1 rings (SSSR count). The van der Waals surface area contributed by atoms with E-state index >= 15 is 0 Å². The van der Waals surface area contributed by atoms with Crippen molar-refractivity contribution >= 4 is 24.8 Å². The van der Waals surface area contributed by atoms with Crippen LogP contribution in [0.3, 0.4) is 0 Å². The summed E-state index contributed by atoms with van der Waals surface area (Å²) in [6, 6.07) is 5.10. The van der Waals surface area contributed by atoms with Crippen molar-refractivity contribution < 1.29 is 19.1 Å². The quantitative estimate of drug-likeness (QED) is 0.514. The van der Waals surface area contributed by atoms with E-state index in [4.69, 9.17) is 9.47 Å². The van der Waals surface area contributed by atoms with Gasteiger partial charge in [-0.15, -0.1) is 0 Å². The maximum absolute atomic E-state index is 10.4. The fraction of sp³-hybridized carbons (Fsp3) is 0.368. The highest BCUT2D eigenvalue weighted by molar-refractivity contribution is 5.78. The van der Waals surface area contributed by atoms with Crippen LogP contribution in [0.25, 0.3) is 11.8 Å². The zero-order chi connectivity index (χ0) is 18.7. The molecule has 0 bridgehead atoms. The van der Waals surface area contributed by atoms with Gasteiger partial charge in [0.1, 0.15) is 11.5 Å². The lowest BCUT2D eigenvalue weighted by Crippen LogP contribution is -1.99. The van der Waals surface area contributed by atoms with Crippen molar-refractivity contribution in [1.82, 2.24) is 0 Å². The van der Waals surface area contributed by atoms with E-state index in [1.807, 2.05) is 41.5 Å². The number of carbonyl (C=O) groups excluding carboxylic acids is 2. The Kier molecular flexibility index (Phi) is 21.8. The molecule has 0 saturated carbocycles. The molecule has 130 valence electrons. The Bertz CT molecular complexity index is 462. The van der Waals surface area contributed by atoms with Gasteiger partial charge in [-0.2, -0.15) is 0 Å². The average Bonchev–Trinajstić information content (AvgIpc) is 2.65. The monoisotopic (exact) mass is 322 g/mol. The lowest BCUT2D eigenvalue weighted by molar-refractivity contribution is -0.122. The Morgan fingerprint density at radius 1 is 1.00 bits per heavy atom. The third-order valence-corrected chi connectivity index (χ3v) is 2.14. The van der Waals surface area contributed by atoms with Crippen molar-refractivity contribution in [1.29, 1.82) is 0 Å². The summed E-state index contributed by atoms with van der Waals surface area (Å²) < 4.78 is 9.69. The maximum Gasteiger partial charge on any atom is 0.298 e. The van der Waals surface area contributed by atoms with Crippen LogP contribution >= 0.6 is 0 Å². The van der Waals surface area contributed by atoms with Crippen molar-refractivity contribution in [3.05, 3.63) is 42.0 Å². The van der Waals surface area contributed by atoms with Gasteiger partial charge in [0.25, 0.3) is 12.9 Å². The van der Waals surface area contributed by atoms with Crippen LogP contribution in [0, 0.1) is 0 Å². The number of benzene rings is 1. The fourth-order valence-corrected chi connectivity index (χ4v) is 1.46. The minimum atomic E-state index is 0.312. The molecule has 4 nitrogen and oxygen atoms in total. The Morgan fingerprint density at radius 2 is 1.57 bits per heavy atom. The van der Waals surface area contributed by atoms with Crippen LogP contribution in [0.15, 0.2) is 30.9 Å². The largest absolute Gasteiger partial charge is 0.428 e. The molecule has 0 fully saturated rings. The summed E-state index contributed by atoms with van der Waals surface area (Å²) in [4.78, 5) is 20.8. The predicted octanol–water partition coefficient (Wildman–Crippen LogP) is 5.48. The Balaban J connectivity index is -0.000000595. The fourth-order valence-electron chi connectivity index (χ4n) is 1.46. The lowest BCUT2D eigenvalue weighted by atomic mass is 10.0. The van der Waals surface area contributed by atoms with E-state index in [0.717, 1.165) is 0 Å². The summed E-state index contributed by atoms with van der Waals surface area (Å²) in [5.74, 6) is 0.625. The van der Waals surface area contributed by atoms with Gasteiger partial charge in [0.15, 0.2) is 0 Å². The number of ether oxygens (including phenoxy) is 2. The third kappa shape index (κ3) is 9.30. The molecule has 0 aromatic heterocycles. The summed E-state index contributed by atoms with van der Waals surface area (Å²) in [5, 5.41) is 0. The van der Waals surface area contributed by atoms with Gasteiger partial charge < -0.3 is 9.47 Å². The smallest absolute Gasteiger partial charge is 0.298 e. The van der Waals surface area contributed by atoms with Crippen LogP contribution in [-0.4, -0.2) is 12.9 Å². The van der Waals surface area contributed by atoms with E-state index < -0.39 is 0 Å². The molecule has 0 unspecified atom stereocenters. The SMILES string of the molecule is C=Cc1cccc(OC=O)c1/C(=C\C)OC=O.CC.CC.CC. The highest BCUT2D eigenvalue weighted by atomic mass is 16.5. The summed E-state index contributed by atoms with van der Waals surface area (Å²) in [6.45, 7) is 18.0. The number of carbonyl (C=O) groups is 2. The van der Waals surface area contributed by atoms with Crippen molar-refractivity contribution in [2.24, 2.45) is 0 Å². The first kappa shape index (κ1) is 25.6. The summed E-state index contributed by atoms with van der Waals surface area (Å²) in [5.41, 5.74) is 1.23. The topological polar surface area (TPSA) is 52.6 Å². The number of rotatable bonds is 6. The molecule has 0 saturated heterocycles. The molecule has 0 aliphatic carbocycles. The molecule has 0 radical (unpaired) electrons. The predicted molar refractivity (Wildman–Crippen MR) is 98.1 cm³/mol. The minimum absolute atomic E-state index is 0.312. The first-order chi connectivity index (χ1) is 11.3. The molecule has 0 atom stereocenters. The molecule has 23 heavy (non-hydrogen) atoms. The van der Waals surface area contributed by atoms with Gasteiger partial charge in [0, 0.05) is 0 Å². The van der Waals surface area contributed by atoms with Crippen LogP contribution in [0.5, 0.6) is 5.75 Å². The number of hydrogen-bond acceptors (Lipinski definition) is 4. The van der Waals surface area contributed by atoms with Crippen molar-refractivity contribution in [3.63, 3.8) is 0 Å². The Labute approximate surface area is 140 Å². The third-order valence-electron chi connectivity index (χ3n) is 2.14. The zero-order valence-corrected chi connectivity index (χ0v) is 15.4. The van der Waals surface area contributed by atoms with E-state index in [1.54, 1.807) is 37.3 Å². The normalized spacial score (nSPS) is 8.57. The number of allylic oxidation sites excluding steroid dienone is 1. The van der Waals surface area contributed by atoms with Crippen LogP contribution < -0.4 is 4.74 Å². The minimum Gasteiger partial charge on any atom is -0.428 e. The lowest BCUT2D eigenvalue weighted by Gasteiger charge is -2.12. The van der Waals surface area contributed by atoms with E-state index in [1.165, 1.54) is 0 Å². The highest BCUT2D eigenvalue weighted by Crippen LogP contribution is 2.30. The molecule has 0 heterocycles. The molecule has 1 aromatic rings. The molecule has 0 N–H and O–H groups in total. The van der Waals surface area contributed by atoms with E-state index in [-0.39, 0.29) is 0 Å². The van der Waals surface area contributed by atoms with Gasteiger partial charge in [-0.25, -0.2) is 0 Å². The molecule has 0 aliphatic rings. The van der Waals surface area contributed by atoms with Gasteiger partial charge in [-0.05, 0) is 24.6 Å². The van der Waals surface area contributed by atoms with Gasteiger partial charge in [-0.1, -0.05) is 66.3 Å². The first-order valence-electron chi connectivity index (χ1n) is 7.91. The molecule has 0 aliphatic heterocycles. The van der Waals surface area contributed by atoms with Gasteiger partial charge in [0.2, 0.25) is 0 Å². The maximum atomic E-state index is 10.4. The second kappa shape index (κ2) is 19.6. The van der Waals surface area contributed by atoms with Gasteiger partial charge in [0.05, 0.1) is 5.56 Å². The highest BCUT2D eigenvalue weighted by Gasteiger charge is 2.13. The van der Waals surface area contributed by atoms with E-state index in [2.05, 4.69) is 6.58 Å². The Hall–Kier alpha value is -2.36. The van der Waals surface area contributed by atoms with E-state index in [0.29, 0.717) is 35.6 Å². The molecule has 0 amide bonds. The van der Waals surface area contributed by atoms with Gasteiger partial charge >= 0.3 is 0 Å². The molecular weight excluding hydrogens is 292 g/mol. The zero-order valence-electron chi connectivity index (χ0n) is 15.4. The van der Waals surface area contributed by atoms with Crippen LogP contribution in [0.4, 0.5) is 0 Å². The first-order valence-corrected chi connectivity index (χ1v) is 7.91. The number of hydrogen-bond donors (Lipinski definition) is 0. The van der Waals surface area contributed by atoms with Crippen LogP contribution in [-0.2, 0) is 14.3 Å². The van der Waals surface area contributed by atoms with Crippen molar-refractivity contribution in [2.75, 3.05) is 0 Å².